The predicted octanol–water partition coefficient (Wildman–Crippen LogP) is 8.21. The minimum atomic E-state index is -0.0328. The molecule has 0 amide bonds. The van der Waals surface area contributed by atoms with Crippen LogP contribution in [-0.2, 0) is 0 Å². The molecule has 3 nitrogen and oxygen atoms in total. The van der Waals surface area contributed by atoms with Gasteiger partial charge in [0.2, 0.25) is 0 Å². The van der Waals surface area contributed by atoms with E-state index in [0.29, 0.717) is 12.0 Å². The highest BCUT2D eigenvalue weighted by Crippen LogP contribution is 2.56. The van der Waals surface area contributed by atoms with Crippen LogP contribution in [0, 0.1) is 5.92 Å². The van der Waals surface area contributed by atoms with Gasteiger partial charge in [-0.05, 0) is 88.5 Å². The smallest absolute Gasteiger partial charge is 0.139 e. The molecule has 1 aromatic rings. The Labute approximate surface area is 214 Å². The summed E-state index contributed by atoms with van der Waals surface area (Å²) < 4.78 is 0. The maximum absolute atomic E-state index is 5.65. The van der Waals surface area contributed by atoms with E-state index in [1.54, 1.807) is 11.3 Å². The number of hydrogen-bond donors (Lipinski definition) is 0. The van der Waals surface area contributed by atoms with Gasteiger partial charge >= 0.3 is 0 Å². The third-order valence-electron chi connectivity index (χ3n) is 9.18. The molecule has 2 atom stereocenters. The molecular weight excluding hydrogens is 446 g/mol. The SMILES string of the molecule is C1=C(Sc2ccccc2)C(=NC2CCCCC2)C=C2C1=NC13CCCCC1CC1=C(CCCC1)N23. The molecule has 0 bridgehead atoms. The quantitative estimate of drug-likeness (QED) is 0.405. The number of hydrogen-bond acceptors (Lipinski definition) is 4. The van der Waals surface area contributed by atoms with Gasteiger partial charge in [0.25, 0.3) is 0 Å². The summed E-state index contributed by atoms with van der Waals surface area (Å²) in [6.45, 7) is 0. The Bertz CT molecular complexity index is 1150. The first-order chi connectivity index (χ1) is 17.3. The average Bonchev–Trinajstić information content (AvgIpc) is 3.22. The van der Waals surface area contributed by atoms with Crippen LogP contribution in [0.3, 0.4) is 0 Å². The van der Waals surface area contributed by atoms with Crippen molar-refractivity contribution in [3.63, 3.8) is 0 Å². The third-order valence-corrected chi connectivity index (χ3v) is 10.2. The lowest BCUT2D eigenvalue weighted by Gasteiger charge is -2.52. The van der Waals surface area contributed by atoms with E-state index in [0.717, 1.165) is 0 Å². The van der Waals surface area contributed by atoms with Crippen molar-refractivity contribution in [2.75, 3.05) is 0 Å². The van der Waals surface area contributed by atoms with E-state index >= 15 is 0 Å². The molecule has 0 saturated heterocycles. The highest BCUT2D eigenvalue weighted by Gasteiger charge is 2.55. The van der Waals surface area contributed by atoms with Gasteiger partial charge in [-0.3, -0.25) is 9.98 Å². The lowest BCUT2D eigenvalue weighted by Crippen LogP contribution is -2.53. The summed E-state index contributed by atoms with van der Waals surface area (Å²) in [5.74, 6) is 0.671. The summed E-state index contributed by atoms with van der Waals surface area (Å²) in [5.41, 5.74) is 7.12. The number of benzene rings is 1. The first-order valence-electron chi connectivity index (χ1n) is 14.2. The summed E-state index contributed by atoms with van der Waals surface area (Å²) in [6.07, 6.45) is 23.1. The van der Waals surface area contributed by atoms with Crippen LogP contribution < -0.4 is 0 Å². The van der Waals surface area contributed by atoms with Crippen LogP contribution >= 0.6 is 11.8 Å². The number of fused-ring (bicyclic) bond motifs is 3. The Morgan fingerprint density at radius 1 is 0.886 bits per heavy atom. The fourth-order valence-corrected chi connectivity index (χ4v) is 8.46. The molecular formula is C31H37N3S. The van der Waals surface area contributed by atoms with E-state index in [1.807, 2.05) is 11.8 Å². The molecule has 2 unspecified atom stereocenters. The molecule has 182 valence electrons. The van der Waals surface area contributed by atoms with E-state index in [1.165, 1.54) is 117 Å². The fraction of sp³-hybridized carbons (Fsp3) is 0.548. The lowest BCUT2D eigenvalue weighted by atomic mass is 9.70. The maximum Gasteiger partial charge on any atom is 0.139 e. The third kappa shape index (κ3) is 3.87. The Balaban J connectivity index is 1.34. The van der Waals surface area contributed by atoms with Crippen molar-refractivity contribution in [2.24, 2.45) is 15.9 Å². The summed E-state index contributed by atoms with van der Waals surface area (Å²) in [7, 11) is 0. The van der Waals surface area contributed by atoms with Crippen molar-refractivity contribution >= 4 is 23.2 Å². The van der Waals surface area contributed by atoms with Gasteiger partial charge in [0.1, 0.15) is 5.66 Å². The predicted molar refractivity (Wildman–Crippen MR) is 147 cm³/mol. The number of allylic oxidation sites excluding steroid dienone is 5. The van der Waals surface area contributed by atoms with Gasteiger partial charge in [-0.1, -0.05) is 61.2 Å². The molecule has 0 radical (unpaired) electrons. The minimum absolute atomic E-state index is 0.0328. The summed E-state index contributed by atoms with van der Waals surface area (Å²) >= 11 is 1.87. The molecule has 7 rings (SSSR count). The average molecular weight is 484 g/mol. The van der Waals surface area contributed by atoms with Crippen LogP contribution in [0.15, 0.2) is 79.2 Å². The van der Waals surface area contributed by atoms with E-state index in [-0.39, 0.29) is 5.66 Å². The highest BCUT2D eigenvalue weighted by atomic mass is 32.2. The van der Waals surface area contributed by atoms with Crippen LogP contribution in [0.1, 0.15) is 89.9 Å². The topological polar surface area (TPSA) is 28.0 Å². The van der Waals surface area contributed by atoms with Crippen LogP contribution in [0.4, 0.5) is 0 Å². The normalized spacial score (nSPS) is 31.8. The summed E-state index contributed by atoms with van der Waals surface area (Å²) in [4.78, 5) is 16.4. The van der Waals surface area contributed by atoms with Gasteiger partial charge in [-0.15, -0.1) is 0 Å². The molecule has 2 aliphatic heterocycles. The summed E-state index contributed by atoms with van der Waals surface area (Å²) in [5, 5.41) is 0. The van der Waals surface area contributed by atoms with E-state index < -0.39 is 0 Å². The number of aliphatic imine (C=N–C) groups is 2. The molecule has 0 aromatic heterocycles. The largest absolute Gasteiger partial charge is 0.318 e. The Kier molecular flexibility index (Phi) is 5.76. The van der Waals surface area contributed by atoms with Gasteiger partial charge in [-0.2, -0.15) is 0 Å². The first-order valence-corrected chi connectivity index (χ1v) is 15.0. The number of thioether (sulfide) groups is 1. The standard InChI is InChI=1S/C31H37N3S/c1-3-13-24(14-4-1)32-27-20-29-26(21-30(27)35-25-15-5-2-6-16-25)33-31-18-10-9-12-23(31)19-22-11-7-8-17-28(22)34(29)31/h2,5-6,15-16,20-21,23-24H,1,3-4,7-14,17-19H2. The molecule has 2 heterocycles. The molecule has 1 spiro atoms. The zero-order valence-electron chi connectivity index (χ0n) is 20.8. The maximum atomic E-state index is 5.65. The van der Waals surface area contributed by atoms with Gasteiger partial charge in [-0.25, -0.2) is 0 Å². The van der Waals surface area contributed by atoms with Crippen LogP contribution in [0.5, 0.6) is 0 Å². The van der Waals surface area contributed by atoms with E-state index in [9.17, 15) is 0 Å². The van der Waals surface area contributed by atoms with Crippen molar-refractivity contribution in [1.82, 2.24) is 4.90 Å². The van der Waals surface area contributed by atoms with Crippen molar-refractivity contribution in [3.05, 3.63) is 64.4 Å². The zero-order valence-corrected chi connectivity index (χ0v) is 21.7. The second-order valence-corrected chi connectivity index (χ2v) is 12.5. The Hall–Kier alpha value is -2.07. The second kappa shape index (κ2) is 9.10. The van der Waals surface area contributed by atoms with Crippen molar-refractivity contribution in [2.45, 2.75) is 106 Å². The number of nitrogens with zero attached hydrogens (tertiary/aromatic N) is 3. The second-order valence-electron chi connectivity index (χ2n) is 11.4. The lowest BCUT2D eigenvalue weighted by molar-refractivity contribution is 0.0498. The monoisotopic (exact) mass is 483 g/mol. The van der Waals surface area contributed by atoms with Crippen LogP contribution in [0.25, 0.3) is 0 Å². The molecule has 4 heteroatoms. The zero-order chi connectivity index (χ0) is 23.2. The van der Waals surface area contributed by atoms with Crippen LogP contribution in [0.2, 0.25) is 0 Å². The van der Waals surface area contributed by atoms with Crippen molar-refractivity contribution in [1.29, 1.82) is 0 Å². The molecule has 1 aromatic carbocycles. The van der Waals surface area contributed by atoms with E-state index in [2.05, 4.69) is 47.4 Å². The van der Waals surface area contributed by atoms with Crippen molar-refractivity contribution in [3.8, 4) is 0 Å². The van der Waals surface area contributed by atoms with Gasteiger partial charge < -0.3 is 4.90 Å². The molecule has 2 saturated carbocycles. The first kappa shape index (κ1) is 22.2. The molecule has 4 aliphatic carbocycles. The van der Waals surface area contributed by atoms with Crippen LogP contribution in [-0.4, -0.2) is 28.0 Å². The van der Waals surface area contributed by atoms with Gasteiger partial charge in [0.05, 0.1) is 23.2 Å². The van der Waals surface area contributed by atoms with Crippen molar-refractivity contribution < 1.29 is 0 Å². The van der Waals surface area contributed by atoms with Gasteiger partial charge in [0, 0.05) is 21.4 Å². The van der Waals surface area contributed by atoms with E-state index in [4.69, 9.17) is 9.98 Å². The molecule has 35 heavy (non-hydrogen) atoms. The highest BCUT2D eigenvalue weighted by molar-refractivity contribution is 8.04. The molecule has 6 aliphatic rings. The Morgan fingerprint density at radius 2 is 1.71 bits per heavy atom. The Morgan fingerprint density at radius 3 is 2.60 bits per heavy atom. The minimum Gasteiger partial charge on any atom is -0.318 e. The molecule has 0 N–H and O–H groups in total. The molecule has 2 fully saturated rings. The fourth-order valence-electron chi connectivity index (χ4n) is 7.52. The number of rotatable bonds is 3. The summed E-state index contributed by atoms with van der Waals surface area (Å²) in [6, 6.07) is 11.3. The van der Waals surface area contributed by atoms with Gasteiger partial charge in [0.15, 0.2) is 0 Å².